The highest BCUT2D eigenvalue weighted by Gasteiger charge is 1.68. The lowest BCUT2D eigenvalue weighted by atomic mass is 10.3. The Bertz CT molecular complexity index is 112. The van der Waals surface area contributed by atoms with Gasteiger partial charge in [0.05, 0.1) is 0 Å². The Morgan fingerprint density at radius 1 is 1.17 bits per heavy atom. The van der Waals surface area contributed by atoms with Crippen LogP contribution in [0.2, 0.25) is 0 Å². The van der Waals surface area contributed by atoms with Crippen LogP contribution < -0.4 is 5.32 Å². The van der Waals surface area contributed by atoms with E-state index in [9.17, 15) is 0 Å². The summed E-state index contributed by atoms with van der Waals surface area (Å²) in [4.78, 5) is 0. The van der Waals surface area contributed by atoms with Gasteiger partial charge in [-0.2, -0.15) is 0 Å². The average molecular weight is 169 g/mol. The lowest BCUT2D eigenvalue weighted by molar-refractivity contribution is 1.02. The number of nitrogens with one attached hydrogen (secondary N) is 1. The molecule has 0 unspecified atom stereocenters. The van der Waals surface area contributed by atoms with Gasteiger partial charge in [0.15, 0.2) is 0 Å². The van der Waals surface area contributed by atoms with Crippen molar-refractivity contribution in [3.63, 3.8) is 0 Å². The van der Waals surface area contributed by atoms with Gasteiger partial charge in [0, 0.05) is 0 Å². The summed E-state index contributed by atoms with van der Waals surface area (Å²) in [5.74, 6) is 0. The Labute approximate surface area is 77.9 Å². The molecule has 0 aliphatic heterocycles. The van der Waals surface area contributed by atoms with Crippen LogP contribution in [0.15, 0.2) is 37.0 Å². The maximum absolute atomic E-state index is 3.56. The van der Waals surface area contributed by atoms with Crippen molar-refractivity contribution >= 4 is 0 Å². The Hall–Kier alpha value is -0.820. The van der Waals surface area contributed by atoms with Gasteiger partial charge < -0.3 is 5.32 Å². The molecular weight excluding hydrogens is 146 g/mol. The minimum atomic E-state index is 1.15. The molecule has 1 N–H and O–H groups in total. The molecule has 0 fully saturated rings. The first kappa shape index (κ1) is 17.3. The van der Waals surface area contributed by atoms with E-state index in [0.717, 1.165) is 5.57 Å². The fourth-order valence-electron chi connectivity index (χ4n) is 0.254. The van der Waals surface area contributed by atoms with Crippen LogP contribution in [0.3, 0.4) is 0 Å². The van der Waals surface area contributed by atoms with Crippen molar-refractivity contribution in [1.29, 1.82) is 0 Å². The highest BCUT2D eigenvalue weighted by Crippen LogP contribution is 1.90. The Balaban J connectivity index is -0.000000137. The van der Waals surface area contributed by atoms with E-state index in [0.29, 0.717) is 0 Å². The average Bonchev–Trinajstić information content (AvgIpc) is 2.10. The van der Waals surface area contributed by atoms with E-state index in [1.54, 1.807) is 12.2 Å². The van der Waals surface area contributed by atoms with Gasteiger partial charge in [-0.15, -0.1) is 0 Å². The van der Waals surface area contributed by atoms with Crippen molar-refractivity contribution in [1.82, 2.24) is 5.32 Å². The standard InChI is InChI=1S/C7H10.C2H7N.C2H6/c1-4-6-7(3)5-2;1-3-2;1-2/h4-6H,1-2H2,3H3;3H,1-2H3;1-2H3/b7-6-;;. The monoisotopic (exact) mass is 169 g/mol. The van der Waals surface area contributed by atoms with Crippen LogP contribution in [0.4, 0.5) is 0 Å². The molecular formula is C11H23N. The van der Waals surface area contributed by atoms with E-state index in [4.69, 9.17) is 0 Å². The normalized spacial score (nSPS) is 8.25. The molecule has 0 bridgehead atoms. The molecule has 0 radical (unpaired) electrons. The molecule has 0 aromatic carbocycles. The summed E-state index contributed by atoms with van der Waals surface area (Å²) in [6.07, 6.45) is 5.45. The summed E-state index contributed by atoms with van der Waals surface area (Å²) in [5.41, 5.74) is 1.15. The molecule has 0 aliphatic rings. The van der Waals surface area contributed by atoms with E-state index in [1.165, 1.54) is 0 Å². The molecule has 1 heteroatoms. The maximum Gasteiger partial charge on any atom is -0.0167 e. The zero-order valence-corrected chi connectivity index (χ0v) is 9.15. The predicted molar refractivity (Wildman–Crippen MR) is 60.5 cm³/mol. The van der Waals surface area contributed by atoms with Gasteiger partial charge in [0.1, 0.15) is 0 Å². The Morgan fingerprint density at radius 2 is 1.50 bits per heavy atom. The molecule has 1 nitrogen and oxygen atoms in total. The molecule has 0 amide bonds. The lowest BCUT2D eigenvalue weighted by Crippen LogP contribution is -1.89. The molecule has 0 atom stereocenters. The van der Waals surface area contributed by atoms with Gasteiger partial charge in [-0.1, -0.05) is 50.8 Å². The second-order valence-corrected chi connectivity index (χ2v) is 1.85. The van der Waals surface area contributed by atoms with Crippen molar-refractivity contribution in [3.8, 4) is 0 Å². The second kappa shape index (κ2) is 22.5. The van der Waals surface area contributed by atoms with Crippen LogP contribution in [-0.4, -0.2) is 14.1 Å². The lowest BCUT2D eigenvalue weighted by Gasteiger charge is -1.80. The van der Waals surface area contributed by atoms with Gasteiger partial charge in [-0.25, -0.2) is 0 Å². The van der Waals surface area contributed by atoms with E-state index in [2.05, 4.69) is 18.5 Å². The minimum Gasteiger partial charge on any atom is -0.323 e. The topological polar surface area (TPSA) is 12.0 Å². The van der Waals surface area contributed by atoms with Gasteiger partial charge in [-0.05, 0) is 21.0 Å². The molecule has 0 aromatic heterocycles. The molecule has 0 aromatic rings. The number of hydrogen-bond acceptors (Lipinski definition) is 1. The number of rotatable bonds is 2. The highest BCUT2D eigenvalue weighted by atomic mass is 14.7. The summed E-state index contributed by atoms with van der Waals surface area (Å²) < 4.78 is 0. The summed E-state index contributed by atoms with van der Waals surface area (Å²) in [7, 11) is 3.75. The molecule has 0 heterocycles. The fraction of sp³-hybridized carbons (Fsp3) is 0.455. The van der Waals surface area contributed by atoms with Crippen molar-refractivity contribution in [2.75, 3.05) is 14.1 Å². The molecule has 0 saturated carbocycles. The first-order chi connectivity index (χ1) is 5.72. The third kappa shape index (κ3) is 35.2. The third-order valence-electron chi connectivity index (χ3n) is 0.703. The zero-order valence-electron chi connectivity index (χ0n) is 9.15. The molecule has 0 saturated heterocycles. The number of hydrogen-bond donors (Lipinski definition) is 1. The summed E-state index contributed by atoms with van der Waals surface area (Å²) >= 11 is 0. The van der Waals surface area contributed by atoms with Crippen LogP contribution in [0, 0.1) is 0 Å². The Morgan fingerprint density at radius 3 is 1.58 bits per heavy atom. The summed E-state index contributed by atoms with van der Waals surface area (Å²) in [5, 5.41) is 2.75. The van der Waals surface area contributed by atoms with Crippen LogP contribution >= 0.6 is 0 Å². The number of allylic oxidation sites excluding steroid dienone is 4. The van der Waals surface area contributed by atoms with Crippen LogP contribution in [-0.2, 0) is 0 Å². The fourth-order valence-corrected chi connectivity index (χ4v) is 0.254. The smallest absolute Gasteiger partial charge is 0.0167 e. The van der Waals surface area contributed by atoms with Crippen molar-refractivity contribution in [2.24, 2.45) is 0 Å². The quantitative estimate of drug-likeness (QED) is 0.626. The molecule has 72 valence electrons. The first-order valence-electron chi connectivity index (χ1n) is 4.23. The highest BCUT2D eigenvalue weighted by molar-refractivity contribution is 5.17. The van der Waals surface area contributed by atoms with E-state index in [1.807, 2.05) is 40.9 Å². The second-order valence-electron chi connectivity index (χ2n) is 1.85. The third-order valence-corrected chi connectivity index (χ3v) is 0.703. The minimum absolute atomic E-state index is 1.15. The van der Waals surface area contributed by atoms with Gasteiger partial charge >= 0.3 is 0 Å². The van der Waals surface area contributed by atoms with Crippen molar-refractivity contribution in [3.05, 3.63) is 37.0 Å². The zero-order chi connectivity index (χ0) is 10.4. The van der Waals surface area contributed by atoms with Crippen molar-refractivity contribution < 1.29 is 0 Å². The molecule has 12 heavy (non-hydrogen) atoms. The summed E-state index contributed by atoms with van der Waals surface area (Å²) in [6, 6.07) is 0. The maximum atomic E-state index is 3.56. The molecule has 0 rings (SSSR count). The van der Waals surface area contributed by atoms with Gasteiger partial charge in [-0.3, -0.25) is 0 Å². The van der Waals surface area contributed by atoms with Crippen LogP contribution in [0.5, 0.6) is 0 Å². The van der Waals surface area contributed by atoms with E-state index >= 15 is 0 Å². The molecule has 0 aliphatic carbocycles. The van der Waals surface area contributed by atoms with Crippen LogP contribution in [0.1, 0.15) is 20.8 Å². The SMILES string of the molecule is C=C/C=C(/C)C=C.CC.CNC. The van der Waals surface area contributed by atoms with E-state index < -0.39 is 0 Å². The van der Waals surface area contributed by atoms with Crippen molar-refractivity contribution in [2.45, 2.75) is 20.8 Å². The van der Waals surface area contributed by atoms with Gasteiger partial charge in [0.25, 0.3) is 0 Å². The van der Waals surface area contributed by atoms with Gasteiger partial charge in [0.2, 0.25) is 0 Å². The predicted octanol–water partition coefficient (Wildman–Crippen LogP) is 3.17. The van der Waals surface area contributed by atoms with E-state index in [-0.39, 0.29) is 0 Å². The van der Waals surface area contributed by atoms with Crippen LogP contribution in [0.25, 0.3) is 0 Å². The Kier molecular flexibility index (Phi) is 32.4. The largest absolute Gasteiger partial charge is 0.323 e. The first-order valence-corrected chi connectivity index (χ1v) is 4.23. The summed E-state index contributed by atoms with van der Waals surface area (Å²) in [6.45, 7) is 13.1. The molecule has 0 spiro atoms.